The molecular weight excluding hydrogens is 357 g/mol. The fourth-order valence-corrected chi connectivity index (χ4v) is 2.69. The van der Waals surface area contributed by atoms with Crippen LogP contribution in [0.5, 0.6) is 0 Å². The molecule has 1 aromatic carbocycles. The topological polar surface area (TPSA) is 76.2 Å². The monoisotopic (exact) mass is 373 g/mol. The van der Waals surface area contributed by atoms with E-state index in [1.807, 2.05) is 54.6 Å². The largest absolute Gasteiger partial charge is 0.345 e. The minimum atomic E-state index is -1.07. The maximum Gasteiger partial charge on any atom is 0.211 e. The van der Waals surface area contributed by atoms with Gasteiger partial charge in [0.15, 0.2) is 0 Å². The molecule has 0 amide bonds. The lowest BCUT2D eigenvalue weighted by Gasteiger charge is -2.33. The van der Waals surface area contributed by atoms with Gasteiger partial charge in [0.25, 0.3) is 0 Å². The van der Waals surface area contributed by atoms with Gasteiger partial charge in [-0.25, -0.2) is 4.99 Å². The zero-order valence-electron chi connectivity index (χ0n) is 13.2. The normalized spacial score (nSPS) is 17.9. The predicted octanol–water partition coefficient (Wildman–Crippen LogP) is 3.35. The van der Waals surface area contributed by atoms with Crippen LogP contribution in [0.2, 0.25) is 0 Å². The van der Waals surface area contributed by atoms with E-state index in [0.29, 0.717) is 0 Å². The summed E-state index contributed by atoms with van der Waals surface area (Å²) in [5.41, 5.74) is 10.8. The first-order valence-electron chi connectivity index (χ1n) is 7.34. The summed E-state index contributed by atoms with van der Waals surface area (Å²) in [6.45, 7) is 0. The van der Waals surface area contributed by atoms with Crippen LogP contribution < -0.4 is 11.1 Å². The van der Waals surface area contributed by atoms with Crippen molar-refractivity contribution in [2.24, 2.45) is 10.7 Å². The van der Waals surface area contributed by atoms with Crippen LogP contribution in [0.3, 0.4) is 0 Å². The maximum atomic E-state index is 6.56. The van der Waals surface area contributed by atoms with Crippen molar-refractivity contribution in [2.45, 2.75) is 5.79 Å². The second kappa shape index (κ2) is 7.61. The second-order valence-corrected chi connectivity index (χ2v) is 5.35. The molecule has 2 aromatic heterocycles. The van der Waals surface area contributed by atoms with Gasteiger partial charge in [0, 0.05) is 35.4 Å². The number of aliphatic imine (C=N–C) groups is 1. The summed E-state index contributed by atoms with van der Waals surface area (Å²) in [5.74, 6) is -1.07. The molecule has 25 heavy (non-hydrogen) atoms. The lowest BCUT2D eigenvalue weighted by Crippen LogP contribution is -2.46. The Labute approximate surface area is 158 Å². The van der Waals surface area contributed by atoms with Gasteiger partial charge in [-0.15, -0.1) is 24.8 Å². The van der Waals surface area contributed by atoms with E-state index in [1.165, 1.54) is 0 Å². The average molecular weight is 374 g/mol. The standard InChI is InChI=1S/C18H15N5.2ClH/c19-18(13-6-5-10-20-12-13)22-15-8-2-1-7-14(15)17(23-18)16-9-3-4-11-21-16;;/h1-12,22H,19H2;2*1H. The van der Waals surface area contributed by atoms with Crippen LogP contribution >= 0.6 is 24.8 Å². The molecule has 3 aromatic rings. The fraction of sp³-hybridized carbons (Fsp3) is 0.0556. The van der Waals surface area contributed by atoms with Gasteiger partial charge < -0.3 is 5.32 Å². The van der Waals surface area contributed by atoms with Crippen LogP contribution in [0.1, 0.15) is 16.8 Å². The Hall–Kier alpha value is -2.47. The van der Waals surface area contributed by atoms with Gasteiger partial charge in [-0.3, -0.25) is 15.7 Å². The third-order valence-electron chi connectivity index (χ3n) is 3.80. The van der Waals surface area contributed by atoms with Gasteiger partial charge in [0.05, 0.1) is 11.4 Å². The Bertz CT molecular complexity index is 871. The SMILES string of the molecule is Cl.Cl.NC1(c2cccnc2)N=C(c2ccccn2)c2ccccc2N1. The quantitative estimate of drug-likeness (QED) is 0.721. The number of hydrogen-bond donors (Lipinski definition) is 2. The first-order chi connectivity index (χ1) is 11.3. The van der Waals surface area contributed by atoms with E-state index in [-0.39, 0.29) is 24.8 Å². The highest BCUT2D eigenvalue weighted by Gasteiger charge is 2.33. The molecule has 0 radical (unpaired) electrons. The number of hydrogen-bond acceptors (Lipinski definition) is 5. The minimum absolute atomic E-state index is 0. The number of halogens is 2. The fourth-order valence-electron chi connectivity index (χ4n) is 2.69. The highest BCUT2D eigenvalue weighted by Crippen LogP contribution is 2.32. The summed E-state index contributed by atoms with van der Waals surface area (Å²) in [4.78, 5) is 13.4. The number of para-hydroxylation sites is 1. The van der Waals surface area contributed by atoms with Crippen molar-refractivity contribution in [3.05, 3.63) is 90.0 Å². The molecule has 1 aliphatic heterocycles. The first-order valence-corrected chi connectivity index (χ1v) is 7.34. The van der Waals surface area contributed by atoms with Crippen molar-refractivity contribution >= 4 is 36.2 Å². The van der Waals surface area contributed by atoms with E-state index >= 15 is 0 Å². The summed E-state index contributed by atoms with van der Waals surface area (Å²) in [7, 11) is 0. The minimum Gasteiger partial charge on any atom is -0.345 e. The van der Waals surface area contributed by atoms with Crippen LogP contribution in [-0.2, 0) is 5.79 Å². The molecule has 7 heteroatoms. The summed E-state index contributed by atoms with van der Waals surface area (Å²) in [5, 5.41) is 3.31. The number of aromatic nitrogens is 2. The molecule has 1 aliphatic rings. The van der Waals surface area contributed by atoms with Crippen molar-refractivity contribution in [3.63, 3.8) is 0 Å². The number of rotatable bonds is 2. The molecule has 128 valence electrons. The van der Waals surface area contributed by atoms with Crippen LogP contribution in [0.15, 0.2) is 78.2 Å². The second-order valence-electron chi connectivity index (χ2n) is 5.35. The van der Waals surface area contributed by atoms with Crippen LogP contribution in [0.25, 0.3) is 0 Å². The summed E-state index contributed by atoms with van der Waals surface area (Å²) >= 11 is 0. The Morgan fingerprint density at radius 2 is 1.68 bits per heavy atom. The maximum absolute atomic E-state index is 6.56. The van der Waals surface area contributed by atoms with Crippen molar-refractivity contribution in [1.29, 1.82) is 0 Å². The van der Waals surface area contributed by atoms with Crippen molar-refractivity contribution < 1.29 is 0 Å². The van der Waals surface area contributed by atoms with E-state index < -0.39 is 5.79 Å². The van der Waals surface area contributed by atoms with Gasteiger partial charge in [0.1, 0.15) is 0 Å². The Kier molecular flexibility index (Phi) is 5.74. The van der Waals surface area contributed by atoms with Crippen LogP contribution in [-0.4, -0.2) is 15.7 Å². The smallest absolute Gasteiger partial charge is 0.211 e. The average Bonchev–Trinajstić information content (AvgIpc) is 2.62. The summed E-state index contributed by atoms with van der Waals surface area (Å²) < 4.78 is 0. The molecule has 0 bridgehead atoms. The van der Waals surface area contributed by atoms with Gasteiger partial charge in [-0.2, -0.15) is 0 Å². The number of pyridine rings is 2. The predicted molar refractivity (Wildman–Crippen MR) is 105 cm³/mol. The van der Waals surface area contributed by atoms with E-state index in [0.717, 1.165) is 28.2 Å². The van der Waals surface area contributed by atoms with Gasteiger partial charge >= 0.3 is 0 Å². The molecule has 5 nitrogen and oxygen atoms in total. The molecule has 0 fully saturated rings. The highest BCUT2D eigenvalue weighted by atomic mass is 35.5. The number of nitrogens with zero attached hydrogens (tertiary/aromatic N) is 3. The third kappa shape index (κ3) is 3.49. The van der Waals surface area contributed by atoms with E-state index in [9.17, 15) is 0 Å². The molecule has 0 spiro atoms. The van der Waals surface area contributed by atoms with E-state index in [4.69, 9.17) is 10.7 Å². The Morgan fingerprint density at radius 3 is 2.40 bits per heavy atom. The number of fused-ring (bicyclic) bond motifs is 1. The molecule has 1 atom stereocenters. The number of nitrogens with one attached hydrogen (secondary N) is 1. The third-order valence-corrected chi connectivity index (χ3v) is 3.80. The Morgan fingerprint density at radius 1 is 0.880 bits per heavy atom. The zero-order valence-corrected chi connectivity index (χ0v) is 14.8. The number of nitrogens with two attached hydrogens (primary N) is 1. The first kappa shape index (κ1) is 18.9. The van der Waals surface area contributed by atoms with Gasteiger partial charge in [0.2, 0.25) is 5.79 Å². The van der Waals surface area contributed by atoms with Gasteiger partial charge in [-0.1, -0.05) is 30.3 Å². The lowest BCUT2D eigenvalue weighted by atomic mass is 9.99. The summed E-state index contributed by atoms with van der Waals surface area (Å²) in [6, 6.07) is 17.5. The van der Waals surface area contributed by atoms with Crippen molar-refractivity contribution in [3.8, 4) is 0 Å². The molecule has 3 heterocycles. The van der Waals surface area contributed by atoms with Crippen molar-refractivity contribution in [1.82, 2.24) is 9.97 Å². The Balaban J connectivity index is 0.00000113. The lowest BCUT2D eigenvalue weighted by molar-refractivity contribution is 0.536. The van der Waals surface area contributed by atoms with Gasteiger partial charge in [-0.05, 0) is 24.3 Å². The molecule has 4 rings (SSSR count). The molecular formula is C18H17Cl2N5. The summed E-state index contributed by atoms with van der Waals surface area (Å²) in [6.07, 6.45) is 5.19. The van der Waals surface area contributed by atoms with E-state index in [1.54, 1.807) is 18.6 Å². The zero-order chi connectivity index (χ0) is 15.7. The highest BCUT2D eigenvalue weighted by molar-refractivity contribution is 6.16. The van der Waals surface area contributed by atoms with Crippen LogP contribution in [0, 0.1) is 0 Å². The van der Waals surface area contributed by atoms with Crippen molar-refractivity contribution in [2.75, 3.05) is 5.32 Å². The molecule has 0 saturated carbocycles. The van der Waals surface area contributed by atoms with Crippen LogP contribution in [0.4, 0.5) is 5.69 Å². The molecule has 3 N–H and O–H groups in total. The number of anilines is 1. The van der Waals surface area contributed by atoms with E-state index in [2.05, 4.69) is 15.3 Å². The molecule has 0 aliphatic carbocycles. The molecule has 1 unspecified atom stereocenters. The number of benzene rings is 1. The molecule has 0 saturated heterocycles.